The SMILES string of the molecule is C/C=C\C(C)S(=O)(=O)C(F)(F)F. The Hall–Kier alpha value is -0.520. The minimum atomic E-state index is -5.16. The summed E-state index contributed by atoms with van der Waals surface area (Å²) in [6.07, 6.45) is 2.26. The first-order valence-electron chi connectivity index (χ1n) is 3.16. The number of sulfone groups is 1. The van der Waals surface area contributed by atoms with Gasteiger partial charge in [0.2, 0.25) is 0 Å². The fraction of sp³-hybridized carbons (Fsp3) is 0.667. The number of hydrogen-bond acceptors (Lipinski definition) is 2. The van der Waals surface area contributed by atoms with Crippen molar-refractivity contribution in [1.29, 1.82) is 0 Å². The first kappa shape index (κ1) is 11.5. The molecule has 0 fully saturated rings. The van der Waals surface area contributed by atoms with Crippen LogP contribution in [-0.2, 0) is 9.84 Å². The predicted molar refractivity (Wildman–Crippen MR) is 39.3 cm³/mol. The molecule has 12 heavy (non-hydrogen) atoms. The van der Waals surface area contributed by atoms with Gasteiger partial charge in [-0.05, 0) is 13.8 Å². The molecule has 2 nitrogen and oxygen atoms in total. The summed E-state index contributed by atoms with van der Waals surface area (Å²) in [4.78, 5) is 0. The van der Waals surface area contributed by atoms with Crippen LogP contribution < -0.4 is 0 Å². The van der Waals surface area contributed by atoms with Crippen molar-refractivity contribution in [3.63, 3.8) is 0 Å². The number of allylic oxidation sites excluding steroid dienone is 1. The van der Waals surface area contributed by atoms with Gasteiger partial charge < -0.3 is 0 Å². The molecule has 0 aliphatic carbocycles. The number of rotatable bonds is 2. The van der Waals surface area contributed by atoms with E-state index >= 15 is 0 Å². The molecule has 0 bridgehead atoms. The molecular weight excluding hydrogens is 193 g/mol. The van der Waals surface area contributed by atoms with Crippen molar-refractivity contribution in [2.45, 2.75) is 24.6 Å². The summed E-state index contributed by atoms with van der Waals surface area (Å²) < 4.78 is 56.5. The highest BCUT2D eigenvalue weighted by atomic mass is 32.2. The van der Waals surface area contributed by atoms with Crippen molar-refractivity contribution in [3.8, 4) is 0 Å². The monoisotopic (exact) mass is 202 g/mol. The summed E-state index contributed by atoms with van der Waals surface area (Å²) in [6.45, 7) is 2.45. The largest absolute Gasteiger partial charge is 0.497 e. The van der Waals surface area contributed by atoms with Crippen LogP contribution in [0.15, 0.2) is 12.2 Å². The second-order valence-corrected chi connectivity index (χ2v) is 4.52. The average molecular weight is 202 g/mol. The molecule has 0 aromatic rings. The predicted octanol–water partition coefficient (Wildman–Crippen LogP) is 1.89. The smallest absolute Gasteiger partial charge is 0.219 e. The molecule has 0 spiro atoms. The van der Waals surface area contributed by atoms with E-state index in [4.69, 9.17) is 0 Å². The molecule has 0 amide bonds. The zero-order valence-corrected chi connectivity index (χ0v) is 7.41. The van der Waals surface area contributed by atoms with Crippen LogP contribution in [0, 0.1) is 0 Å². The fourth-order valence-corrected chi connectivity index (χ4v) is 1.37. The quantitative estimate of drug-likeness (QED) is 0.641. The third-order valence-corrected chi connectivity index (χ3v) is 3.06. The van der Waals surface area contributed by atoms with E-state index in [1.54, 1.807) is 0 Å². The first-order chi connectivity index (χ1) is 5.23. The van der Waals surface area contributed by atoms with E-state index in [9.17, 15) is 21.6 Å². The topological polar surface area (TPSA) is 34.1 Å². The van der Waals surface area contributed by atoms with E-state index in [0.29, 0.717) is 0 Å². The van der Waals surface area contributed by atoms with Gasteiger partial charge in [0, 0.05) is 0 Å². The lowest BCUT2D eigenvalue weighted by molar-refractivity contribution is -0.0439. The van der Waals surface area contributed by atoms with Gasteiger partial charge in [-0.2, -0.15) is 13.2 Å². The van der Waals surface area contributed by atoms with Crippen LogP contribution >= 0.6 is 0 Å². The molecule has 0 aromatic heterocycles. The van der Waals surface area contributed by atoms with E-state index < -0.39 is 20.6 Å². The summed E-state index contributed by atoms with van der Waals surface area (Å²) in [5.74, 6) is 0. The molecule has 72 valence electrons. The highest BCUT2D eigenvalue weighted by Gasteiger charge is 2.48. The molecule has 0 aliphatic heterocycles. The van der Waals surface area contributed by atoms with E-state index in [-0.39, 0.29) is 0 Å². The lowest BCUT2D eigenvalue weighted by atomic mass is 10.4. The average Bonchev–Trinajstić information content (AvgIpc) is 1.85. The third-order valence-electron chi connectivity index (χ3n) is 1.28. The van der Waals surface area contributed by atoms with Crippen LogP contribution in [0.2, 0.25) is 0 Å². The van der Waals surface area contributed by atoms with E-state index in [1.807, 2.05) is 0 Å². The summed E-state index contributed by atoms with van der Waals surface area (Å²) in [6, 6.07) is 0. The maximum Gasteiger partial charge on any atom is 0.497 e. The van der Waals surface area contributed by atoms with Crippen molar-refractivity contribution in [1.82, 2.24) is 0 Å². The Morgan fingerprint density at radius 3 is 2.00 bits per heavy atom. The molecule has 1 atom stereocenters. The lowest BCUT2D eigenvalue weighted by Gasteiger charge is -2.10. The van der Waals surface area contributed by atoms with Crippen molar-refractivity contribution < 1.29 is 21.6 Å². The Balaban J connectivity index is 4.89. The van der Waals surface area contributed by atoms with Gasteiger partial charge in [-0.3, -0.25) is 0 Å². The Kier molecular flexibility index (Phi) is 3.32. The molecule has 0 rings (SSSR count). The number of halogens is 3. The normalized spacial score (nSPS) is 16.8. The highest BCUT2D eigenvalue weighted by Crippen LogP contribution is 2.27. The standard InChI is InChI=1S/C6H9F3O2S/c1-3-4-5(2)12(10,11)6(7,8)9/h3-5H,1-2H3/b4-3-. The van der Waals surface area contributed by atoms with Gasteiger partial charge in [-0.15, -0.1) is 0 Å². The maximum absolute atomic E-state index is 11.8. The second-order valence-electron chi connectivity index (χ2n) is 2.22. The molecule has 0 aromatic carbocycles. The molecule has 0 heterocycles. The first-order valence-corrected chi connectivity index (χ1v) is 4.71. The molecule has 0 radical (unpaired) electrons. The number of hydrogen-bond donors (Lipinski definition) is 0. The molecular formula is C6H9F3O2S. The molecule has 0 saturated carbocycles. The Labute approximate surface area is 69.0 Å². The van der Waals surface area contributed by atoms with Crippen LogP contribution in [0.3, 0.4) is 0 Å². The third kappa shape index (κ3) is 2.23. The zero-order chi connectivity index (χ0) is 9.99. The van der Waals surface area contributed by atoms with Crippen LogP contribution in [0.1, 0.15) is 13.8 Å². The summed E-state index contributed by atoms with van der Waals surface area (Å²) in [7, 11) is -5.03. The van der Waals surface area contributed by atoms with Gasteiger partial charge in [-0.1, -0.05) is 12.2 Å². The van der Waals surface area contributed by atoms with Gasteiger partial charge in [0.05, 0.1) is 5.25 Å². The van der Waals surface area contributed by atoms with E-state index in [2.05, 4.69) is 0 Å². The van der Waals surface area contributed by atoms with Crippen molar-refractivity contribution in [2.75, 3.05) is 0 Å². The van der Waals surface area contributed by atoms with Gasteiger partial charge >= 0.3 is 5.51 Å². The van der Waals surface area contributed by atoms with Gasteiger partial charge in [0.1, 0.15) is 0 Å². The van der Waals surface area contributed by atoms with E-state index in [0.717, 1.165) is 13.0 Å². The lowest BCUT2D eigenvalue weighted by Crippen LogP contribution is -2.31. The summed E-state index contributed by atoms with van der Waals surface area (Å²) in [5, 5.41) is -1.51. The van der Waals surface area contributed by atoms with Gasteiger partial charge in [0.25, 0.3) is 9.84 Å². The molecule has 1 unspecified atom stereocenters. The molecule has 0 N–H and O–H groups in total. The molecule has 0 aliphatic rings. The summed E-state index contributed by atoms with van der Waals surface area (Å²) >= 11 is 0. The fourth-order valence-electron chi connectivity index (χ4n) is 0.585. The minimum Gasteiger partial charge on any atom is -0.219 e. The van der Waals surface area contributed by atoms with Crippen molar-refractivity contribution in [3.05, 3.63) is 12.2 Å². The zero-order valence-electron chi connectivity index (χ0n) is 6.59. The maximum atomic E-state index is 11.8. The van der Waals surface area contributed by atoms with Crippen molar-refractivity contribution >= 4 is 9.84 Å². The Morgan fingerprint density at radius 1 is 1.33 bits per heavy atom. The van der Waals surface area contributed by atoms with E-state index in [1.165, 1.54) is 13.0 Å². The van der Waals surface area contributed by atoms with Gasteiger partial charge in [0.15, 0.2) is 0 Å². The van der Waals surface area contributed by atoms with Gasteiger partial charge in [-0.25, -0.2) is 8.42 Å². The molecule has 0 saturated heterocycles. The van der Waals surface area contributed by atoms with Crippen LogP contribution in [0.5, 0.6) is 0 Å². The number of alkyl halides is 3. The van der Waals surface area contributed by atoms with Crippen LogP contribution in [0.4, 0.5) is 13.2 Å². The minimum absolute atomic E-state index is 0.989. The van der Waals surface area contributed by atoms with Crippen LogP contribution in [-0.4, -0.2) is 19.2 Å². The van der Waals surface area contributed by atoms with Crippen LogP contribution in [0.25, 0.3) is 0 Å². The summed E-state index contributed by atoms with van der Waals surface area (Å²) in [5.41, 5.74) is -5.16. The Morgan fingerprint density at radius 2 is 1.75 bits per heavy atom. The van der Waals surface area contributed by atoms with Crippen molar-refractivity contribution in [2.24, 2.45) is 0 Å². The molecule has 6 heteroatoms. The second kappa shape index (κ2) is 3.47. The Bertz CT molecular complexity index is 263. The highest BCUT2D eigenvalue weighted by molar-refractivity contribution is 7.93.